The monoisotopic (exact) mass is 935 g/mol. The van der Waals surface area contributed by atoms with Gasteiger partial charge in [0.25, 0.3) is 42.2 Å². The number of ether oxygens (including phenoxy) is 2. The number of carbonyl (C=O) groups excluding carboxylic acids is 3. The van der Waals surface area contributed by atoms with E-state index in [0.717, 1.165) is 5.70 Å². The minimum Gasteiger partial charge on any atom is -0.385 e. The molecule has 2 aromatic rings. The van der Waals surface area contributed by atoms with Crippen molar-refractivity contribution in [2.24, 2.45) is 0 Å². The standard InChI is InChI=1S/C42H53N3O15S3/c1-41(21-11-27-61(49,50)51)32-28-30(62(52,53)54)16-18-35(32)44(24-26-59-4)36(41)12-8-6-5-7-9-13-37-42(2,22-25-58-3)33-29-31(63(55,56)57)15-17-34(33)43(37)23-10-14-40(48)60-45-38(46)19-20-39(45)47/h5-9,12-13,15-18,28-29,36H,10-11,14,19-27H2,1-4H3,(H,49,50,51)(H,52,53,54)(H,55,56,57)/b6-5+,9-7+,12-8+,37-13+. The van der Waals surface area contributed by atoms with Gasteiger partial charge >= 0.3 is 5.97 Å². The average Bonchev–Trinajstić information content (AvgIpc) is 3.73. The van der Waals surface area contributed by atoms with Crippen molar-refractivity contribution in [2.75, 3.05) is 56.1 Å². The van der Waals surface area contributed by atoms with Gasteiger partial charge in [-0.05, 0) is 86.2 Å². The van der Waals surface area contributed by atoms with Gasteiger partial charge in [-0.25, -0.2) is 4.79 Å². The van der Waals surface area contributed by atoms with Gasteiger partial charge in [0, 0.05) is 81.1 Å². The van der Waals surface area contributed by atoms with Crippen LogP contribution in [0.15, 0.2) is 94.4 Å². The number of carbonyl (C=O) groups is 3. The maximum atomic E-state index is 12.7. The molecule has 1 fully saturated rings. The fourth-order valence-electron chi connectivity index (χ4n) is 8.40. The van der Waals surface area contributed by atoms with Gasteiger partial charge < -0.3 is 24.1 Å². The predicted octanol–water partition coefficient (Wildman–Crippen LogP) is 4.70. The van der Waals surface area contributed by atoms with Gasteiger partial charge in [0.1, 0.15) is 0 Å². The molecule has 3 unspecified atom stereocenters. The van der Waals surface area contributed by atoms with Gasteiger partial charge in [-0.3, -0.25) is 23.2 Å². The summed E-state index contributed by atoms with van der Waals surface area (Å²) >= 11 is 0. The molecule has 344 valence electrons. The molecule has 0 bridgehead atoms. The lowest BCUT2D eigenvalue weighted by Crippen LogP contribution is -2.43. The van der Waals surface area contributed by atoms with Crippen LogP contribution in [0, 0.1) is 0 Å². The molecule has 5 rings (SSSR count). The van der Waals surface area contributed by atoms with Crippen LogP contribution < -0.4 is 9.80 Å². The fraction of sp³-hybridized carbons (Fsp3) is 0.452. The van der Waals surface area contributed by atoms with Crippen LogP contribution in [0.5, 0.6) is 0 Å². The number of hydrogen-bond acceptors (Lipinski definition) is 14. The summed E-state index contributed by atoms with van der Waals surface area (Å²) < 4.78 is 112. The predicted molar refractivity (Wildman–Crippen MR) is 232 cm³/mol. The van der Waals surface area contributed by atoms with E-state index in [2.05, 4.69) is 0 Å². The largest absolute Gasteiger partial charge is 0.385 e. The molecule has 3 N–H and O–H groups in total. The Balaban J connectivity index is 1.44. The third kappa shape index (κ3) is 11.5. The van der Waals surface area contributed by atoms with Gasteiger partial charge in [-0.1, -0.05) is 43.4 Å². The summed E-state index contributed by atoms with van der Waals surface area (Å²) in [6, 6.07) is 8.12. The van der Waals surface area contributed by atoms with Gasteiger partial charge in [-0.15, -0.1) is 5.06 Å². The van der Waals surface area contributed by atoms with Gasteiger partial charge in [0.15, 0.2) is 0 Å². The van der Waals surface area contributed by atoms with Gasteiger partial charge in [0.2, 0.25) is 0 Å². The second-order valence-corrected chi connectivity index (χ2v) is 20.2. The molecule has 3 aliphatic heterocycles. The Hall–Kier alpha value is -4.74. The van der Waals surface area contributed by atoms with E-state index in [1.165, 1.54) is 31.4 Å². The Labute approximate surface area is 368 Å². The number of imide groups is 1. The zero-order valence-corrected chi connectivity index (χ0v) is 37.8. The zero-order chi connectivity index (χ0) is 46.4. The number of benzene rings is 2. The Morgan fingerprint density at radius 3 is 1.95 bits per heavy atom. The Morgan fingerprint density at radius 2 is 1.35 bits per heavy atom. The van der Waals surface area contributed by atoms with Gasteiger partial charge in [-0.2, -0.15) is 25.3 Å². The first-order valence-corrected chi connectivity index (χ1v) is 24.5. The molecule has 2 aromatic carbocycles. The lowest BCUT2D eigenvalue weighted by molar-refractivity contribution is -0.197. The molecule has 1 saturated heterocycles. The van der Waals surface area contributed by atoms with Crippen LogP contribution in [0.25, 0.3) is 0 Å². The summed E-state index contributed by atoms with van der Waals surface area (Å²) in [5.41, 5.74) is 1.50. The molecule has 21 heteroatoms. The zero-order valence-electron chi connectivity index (χ0n) is 35.4. The Morgan fingerprint density at radius 1 is 0.762 bits per heavy atom. The lowest BCUT2D eigenvalue weighted by Gasteiger charge is -2.35. The first-order chi connectivity index (χ1) is 29.5. The first-order valence-electron chi connectivity index (χ1n) is 20.1. The number of hydrogen-bond donors (Lipinski definition) is 3. The van der Waals surface area contributed by atoms with E-state index >= 15 is 0 Å². The molecule has 63 heavy (non-hydrogen) atoms. The van der Waals surface area contributed by atoms with Crippen LogP contribution in [-0.2, 0) is 69.9 Å². The van der Waals surface area contributed by atoms with E-state index in [0.29, 0.717) is 47.1 Å². The van der Waals surface area contributed by atoms with Crippen LogP contribution >= 0.6 is 0 Å². The van der Waals surface area contributed by atoms with Crippen molar-refractivity contribution < 1.29 is 67.6 Å². The maximum Gasteiger partial charge on any atom is 0.333 e. The Bertz CT molecular complexity index is 2520. The van der Waals surface area contributed by atoms with E-state index in [4.69, 9.17) is 14.3 Å². The molecular weight excluding hydrogens is 883 g/mol. The van der Waals surface area contributed by atoms with Crippen LogP contribution in [-0.4, -0.2) is 114 Å². The number of allylic oxidation sites excluding steroid dienone is 7. The van der Waals surface area contributed by atoms with Crippen molar-refractivity contribution in [3.05, 3.63) is 95.8 Å². The summed E-state index contributed by atoms with van der Waals surface area (Å²) in [4.78, 5) is 45.0. The highest BCUT2D eigenvalue weighted by molar-refractivity contribution is 7.86. The van der Waals surface area contributed by atoms with Crippen LogP contribution in [0.4, 0.5) is 11.4 Å². The second-order valence-electron chi connectivity index (χ2n) is 15.8. The van der Waals surface area contributed by atoms with Crippen molar-refractivity contribution in [2.45, 2.75) is 85.5 Å². The summed E-state index contributed by atoms with van der Waals surface area (Å²) in [5, 5.41) is 0.490. The number of anilines is 2. The topological polar surface area (TPSA) is 252 Å². The summed E-state index contributed by atoms with van der Waals surface area (Å²) in [7, 11) is -10.3. The second kappa shape index (κ2) is 20.0. The summed E-state index contributed by atoms with van der Waals surface area (Å²) in [6.45, 7) is 5.01. The minimum absolute atomic E-state index is 0.0394. The van der Waals surface area contributed by atoms with E-state index < -0.39 is 70.8 Å². The molecule has 3 heterocycles. The average molecular weight is 936 g/mol. The molecule has 3 aliphatic rings. The molecule has 0 aromatic heterocycles. The quantitative estimate of drug-likeness (QED) is 0.0872. The minimum atomic E-state index is -4.57. The highest BCUT2D eigenvalue weighted by Crippen LogP contribution is 2.51. The van der Waals surface area contributed by atoms with Crippen molar-refractivity contribution in [3.63, 3.8) is 0 Å². The number of rotatable bonds is 21. The van der Waals surface area contributed by atoms with Crippen molar-refractivity contribution in [1.82, 2.24) is 5.06 Å². The summed E-state index contributed by atoms with van der Waals surface area (Å²) in [6.07, 6.45) is 13.3. The van der Waals surface area contributed by atoms with Crippen molar-refractivity contribution >= 4 is 59.5 Å². The summed E-state index contributed by atoms with van der Waals surface area (Å²) in [5.74, 6) is -2.46. The molecule has 0 aliphatic carbocycles. The number of amides is 2. The number of nitrogens with zero attached hydrogens (tertiary/aromatic N) is 3. The Kier molecular flexibility index (Phi) is 15.6. The van der Waals surface area contributed by atoms with E-state index in [-0.39, 0.29) is 61.5 Å². The highest BCUT2D eigenvalue weighted by atomic mass is 32.2. The molecule has 0 radical (unpaired) electrons. The lowest BCUT2D eigenvalue weighted by atomic mass is 9.75. The molecule has 18 nitrogen and oxygen atoms in total. The van der Waals surface area contributed by atoms with Crippen LogP contribution in [0.2, 0.25) is 0 Å². The van der Waals surface area contributed by atoms with Crippen LogP contribution in [0.3, 0.4) is 0 Å². The van der Waals surface area contributed by atoms with Gasteiger partial charge in [0.05, 0.1) is 28.2 Å². The normalized spacial score (nSPS) is 22.4. The molecule has 2 amide bonds. The van der Waals surface area contributed by atoms with Crippen molar-refractivity contribution in [3.8, 4) is 0 Å². The SMILES string of the molecule is COCCN1c2ccc(S(=O)(=O)O)cc2C(C)(CCCS(=O)(=O)O)C1/C=C/C=C/C=C/C=C1/N(CCCC(=O)ON2C(=O)CCC2=O)c2ccc(S(=O)(=O)O)cc2C1(C)CCOC. The van der Waals surface area contributed by atoms with Crippen LogP contribution in [0.1, 0.15) is 69.9 Å². The number of fused-ring (bicyclic) bond motifs is 2. The number of hydroxylamine groups is 2. The maximum absolute atomic E-state index is 12.7. The molecule has 0 spiro atoms. The third-order valence-electron chi connectivity index (χ3n) is 11.6. The molecule has 0 saturated carbocycles. The van der Waals surface area contributed by atoms with Crippen molar-refractivity contribution in [1.29, 1.82) is 0 Å². The van der Waals surface area contributed by atoms with E-state index in [1.807, 2.05) is 35.8 Å². The third-order valence-corrected chi connectivity index (χ3v) is 14.1. The van der Waals surface area contributed by atoms with E-state index in [9.17, 15) is 53.3 Å². The number of methoxy groups -OCH3 is 2. The smallest absolute Gasteiger partial charge is 0.333 e. The fourth-order valence-corrected chi connectivity index (χ4v) is 9.93. The molecule has 3 atom stereocenters. The van der Waals surface area contributed by atoms with E-state index in [1.54, 1.807) is 49.6 Å². The highest BCUT2D eigenvalue weighted by Gasteiger charge is 2.47. The molecular formula is C42H53N3O15S3. The first kappa shape index (κ1) is 49.3.